The highest BCUT2D eigenvalue weighted by molar-refractivity contribution is 5.97. The van der Waals surface area contributed by atoms with E-state index in [1.165, 1.54) is 0 Å². The molecule has 1 saturated heterocycles. The zero-order valence-electron chi connectivity index (χ0n) is 12.8. The van der Waals surface area contributed by atoms with Gasteiger partial charge in [0.05, 0.1) is 13.2 Å². The van der Waals surface area contributed by atoms with Gasteiger partial charge in [0.2, 0.25) is 5.91 Å². The summed E-state index contributed by atoms with van der Waals surface area (Å²) in [6, 6.07) is -0.582. The number of nitrogens with one attached hydrogen (secondary N) is 1. The molecule has 1 fully saturated rings. The number of amides is 2. The topological polar surface area (TPSA) is 84.7 Å². The summed E-state index contributed by atoms with van der Waals surface area (Å²) < 4.78 is 10.5. The third-order valence-electron chi connectivity index (χ3n) is 4.21. The highest BCUT2D eigenvalue weighted by atomic mass is 16.5. The van der Waals surface area contributed by atoms with Crippen LogP contribution in [0.5, 0.6) is 0 Å². The molecule has 0 saturated carbocycles. The van der Waals surface area contributed by atoms with Gasteiger partial charge in [0, 0.05) is 25.1 Å². The molecule has 2 aliphatic rings. The minimum atomic E-state index is -0.582. The van der Waals surface area contributed by atoms with Crippen molar-refractivity contribution in [1.82, 2.24) is 15.4 Å². The number of aromatic nitrogens is 1. The molecule has 7 heteroatoms. The van der Waals surface area contributed by atoms with E-state index in [1.54, 1.807) is 11.8 Å². The van der Waals surface area contributed by atoms with Crippen molar-refractivity contribution in [3.8, 4) is 0 Å². The lowest BCUT2D eigenvalue weighted by Crippen LogP contribution is -2.50. The number of carbonyl (C=O) groups is 2. The Bertz CT molecular complexity index is 563. The second-order valence-corrected chi connectivity index (χ2v) is 5.77. The Balaban J connectivity index is 1.63. The Morgan fingerprint density at radius 1 is 1.23 bits per heavy atom. The molecule has 0 spiro atoms. The summed E-state index contributed by atoms with van der Waals surface area (Å²) in [7, 11) is 0. The van der Waals surface area contributed by atoms with Gasteiger partial charge in [0.15, 0.2) is 5.69 Å². The Morgan fingerprint density at radius 2 is 1.95 bits per heavy atom. The van der Waals surface area contributed by atoms with Crippen LogP contribution in [0.3, 0.4) is 0 Å². The van der Waals surface area contributed by atoms with E-state index in [4.69, 9.17) is 9.26 Å². The molecule has 3 rings (SSSR count). The largest absolute Gasteiger partial charge is 0.378 e. The van der Waals surface area contributed by atoms with Gasteiger partial charge in [-0.2, -0.15) is 0 Å². The Labute approximate surface area is 129 Å². The lowest BCUT2D eigenvalue weighted by atomic mass is 9.96. The minimum absolute atomic E-state index is 0.0889. The van der Waals surface area contributed by atoms with E-state index in [1.807, 2.05) is 0 Å². The number of nitrogens with zero attached hydrogens (tertiary/aromatic N) is 2. The molecule has 1 aromatic rings. The van der Waals surface area contributed by atoms with Crippen molar-refractivity contribution < 1.29 is 18.8 Å². The van der Waals surface area contributed by atoms with E-state index in [9.17, 15) is 9.59 Å². The van der Waals surface area contributed by atoms with Gasteiger partial charge in [0.25, 0.3) is 5.91 Å². The summed E-state index contributed by atoms with van der Waals surface area (Å²) in [6.07, 6.45) is 3.75. The monoisotopic (exact) mass is 307 g/mol. The number of ether oxygens (including phenoxy) is 1. The average molecular weight is 307 g/mol. The summed E-state index contributed by atoms with van der Waals surface area (Å²) in [5.41, 5.74) is 1.23. The van der Waals surface area contributed by atoms with Crippen molar-refractivity contribution in [1.29, 1.82) is 0 Å². The fourth-order valence-electron chi connectivity index (χ4n) is 2.95. The number of carbonyl (C=O) groups excluding carboxylic acids is 2. The lowest BCUT2D eigenvalue weighted by Gasteiger charge is -2.29. The number of rotatable bonds is 3. The van der Waals surface area contributed by atoms with E-state index >= 15 is 0 Å². The molecule has 2 amide bonds. The van der Waals surface area contributed by atoms with Crippen molar-refractivity contribution in [2.75, 3.05) is 26.3 Å². The maximum atomic E-state index is 12.3. The third-order valence-corrected chi connectivity index (χ3v) is 4.21. The highest BCUT2D eigenvalue weighted by Gasteiger charge is 2.28. The summed E-state index contributed by atoms with van der Waals surface area (Å²) >= 11 is 0. The predicted octanol–water partition coefficient (Wildman–Crippen LogP) is 0.531. The van der Waals surface area contributed by atoms with Gasteiger partial charge in [-0.15, -0.1) is 0 Å². The van der Waals surface area contributed by atoms with Gasteiger partial charge in [-0.25, -0.2) is 0 Å². The standard InChI is InChI=1S/C15H21N3O4/c1-10(15(20)18-6-8-21-9-7-18)16-14(19)13-11-4-2-3-5-12(11)22-17-13/h10H,2-9H2,1H3,(H,16,19). The van der Waals surface area contributed by atoms with E-state index in [-0.39, 0.29) is 11.8 Å². The molecule has 1 aromatic heterocycles. The van der Waals surface area contributed by atoms with Crippen LogP contribution in [-0.2, 0) is 22.4 Å². The molecule has 7 nitrogen and oxygen atoms in total. The van der Waals surface area contributed by atoms with Crippen LogP contribution in [-0.4, -0.2) is 54.2 Å². The summed E-state index contributed by atoms with van der Waals surface area (Å²) in [5, 5.41) is 6.63. The molecule has 0 radical (unpaired) electrons. The summed E-state index contributed by atoms with van der Waals surface area (Å²) in [6.45, 7) is 3.92. The fraction of sp³-hybridized carbons (Fsp3) is 0.667. The van der Waals surface area contributed by atoms with E-state index < -0.39 is 6.04 Å². The van der Waals surface area contributed by atoms with Crippen molar-refractivity contribution >= 4 is 11.8 Å². The van der Waals surface area contributed by atoms with Crippen LogP contribution in [0.25, 0.3) is 0 Å². The van der Waals surface area contributed by atoms with Crippen molar-refractivity contribution in [3.05, 3.63) is 17.0 Å². The third kappa shape index (κ3) is 2.99. The molecule has 120 valence electrons. The van der Waals surface area contributed by atoms with Crippen LogP contribution in [0.2, 0.25) is 0 Å². The summed E-state index contributed by atoms with van der Waals surface area (Å²) in [4.78, 5) is 26.4. The average Bonchev–Trinajstić information content (AvgIpc) is 2.99. The normalized spacial score (nSPS) is 19.4. The maximum absolute atomic E-state index is 12.3. The summed E-state index contributed by atoms with van der Waals surface area (Å²) in [5.74, 6) is 0.388. The van der Waals surface area contributed by atoms with Crippen LogP contribution < -0.4 is 5.32 Å². The number of morpholine rings is 1. The van der Waals surface area contributed by atoms with Gasteiger partial charge in [0.1, 0.15) is 11.8 Å². The zero-order valence-corrected chi connectivity index (χ0v) is 12.8. The molecular weight excluding hydrogens is 286 g/mol. The second kappa shape index (κ2) is 6.48. The first-order chi connectivity index (χ1) is 10.7. The number of aryl methyl sites for hydroxylation is 1. The predicted molar refractivity (Wildman–Crippen MR) is 77.5 cm³/mol. The SMILES string of the molecule is CC(NC(=O)c1noc2c1CCCC2)C(=O)N1CCOCC1. The van der Waals surface area contributed by atoms with Gasteiger partial charge in [-0.3, -0.25) is 9.59 Å². The minimum Gasteiger partial charge on any atom is -0.378 e. The van der Waals surface area contributed by atoms with E-state index in [0.717, 1.165) is 37.0 Å². The van der Waals surface area contributed by atoms with Crippen LogP contribution in [0.15, 0.2) is 4.52 Å². The van der Waals surface area contributed by atoms with Crippen molar-refractivity contribution in [2.45, 2.75) is 38.6 Å². The molecular formula is C15H21N3O4. The molecule has 0 bridgehead atoms. The van der Waals surface area contributed by atoms with Gasteiger partial charge >= 0.3 is 0 Å². The second-order valence-electron chi connectivity index (χ2n) is 5.77. The van der Waals surface area contributed by atoms with E-state index in [2.05, 4.69) is 10.5 Å². The first-order valence-electron chi connectivity index (χ1n) is 7.81. The highest BCUT2D eigenvalue weighted by Crippen LogP contribution is 2.24. The molecule has 1 atom stereocenters. The lowest BCUT2D eigenvalue weighted by molar-refractivity contribution is -0.136. The van der Waals surface area contributed by atoms with Crippen molar-refractivity contribution in [2.24, 2.45) is 0 Å². The molecule has 1 aliphatic heterocycles. The Morgan fingerprint density at radius 3 is 2.73 bits per heavy atom. The van der Waals surface area contributed by atoms with Crippen LogP contribution in [0.1, 0.15) is 41.6 Å². The maximum Gasteiger partial charge on any atom is 0.274 e. The Kier molecular flexibility index (Phi) is 4.42. The molecule has 1 unspecified atom stereocenters. The van der Waals surface area contributed by atoms with Gasteiger partial charge in [-0.1, -0.05) is 5.16 Å². The number of hydrogen-bond acceptors (Lipinski definition) is 5. The number of fused-ring (bicyclic) bond motifs is 1. The first kappa shape index (κ1) is 15.0. The molecule has 0 aromatic carbocycles. The molecule has 2 heterocycles. The zero-order chi connectivity index (χ0) is 15.5. The van der Waals surface area contributed by atoms with E-state index in [0.29, 0.717) is 32.0 Å². The van der Waals surface area contributed by atoms with Gasteiger partial charge in [-0.05, 0) is 26.2 Å². The Hall–Kier alpha value is -1.89. The van der Waals surface area contributed by atoms with Gasteiger partial charge < -0.3 is 19.5 Å². The first-order valence-corrected chi connectivity index (χ1v) is 7.81. The number of hydrogen-bond donors (Lipinski definition) is 1. The van der Waals surface area contributed by atoms with Crippen LogP contribution in [0.4, 0.5) is 0 Å². The van der Waals surface area contributed by atoms with Crippen molar-refractivity contribution in [3.63, 3.8) is 0 Å². The van der Waals surface area contributed by atoms with Crippen LogP contribution >= 0.6 is 0 Å². The molecule has 1 N–H and O–H groups in total. The molecule has 1 aliphatic carbocycles. The molecule has 22 heavy (non-hydrogen) atoms. The quantitative estimate of drug-likeness (QED) is 0.880. The fourth-order valence-corrected chi connectivity index (χ4v) is 2.95. The smallest absolute Gasteiger partial charge is 0.274 e. The van der Waals surface area contributed by atoms with Crippen LogP contribution in [0, 0.1) is 0 Å².